The molecule has 0 aromatic heterocycles. The summed E-state index contributed by atoms with van der Waals surface area (Å²) in [7, 11) is 1.64. The fourth-order valence-electron chi connectivity index (χ4n) is 2.73. The fraction of sp³-hybridized carbons (Fsp3) is 0.611. The first-order chi connectivity index (χ1) is 11.1. The van der Waals surface area contributed by atoms with Crippen molar-refractivity contribution in [3.05, 3.63) is 29.8 Å². The maximum atomic E-state index is 12.6. The lowest BCUT2D eigenvalue weighted by molar-refractivity contribution is 0.0762. The molecule has 1 fully saturated rings. The van der Waals surface area contributed by atoms with Crippen molar-refractivity contribution in [3.8, 4) is 5.75 Å². The molecular formula is C18H28N2O2S. The minimum Gasteiger partial charge on any atom is -0.497 e. The molecule has 0 radical (unpaired) electrons. The van der Waals surface area contributed by atoms with Gasteiger partial charge in [-0.2, -0.15) is 11.8 Å². The number of thioether (sulfide) groups is 1. The zero-order valence-electron chi connectivity index (χ0n) is 14.5. The molecule has 4 nitrogen and oxygen atoms in total. The zero-order chi connectivity index (χ0) is 16.7. The third-order valence-corrected chi connectivity index (χ3v) is 5.16. The lowest BCUT2D eigenvalue weighted by atomic mass is 10.2. The van der Waals surface area contributed by atoms with Crippen molar-refractivity contribution in [2.45, 2.75) is 25.5 Å². The lowest BCUT2D eigenvalue weighted by Crippen LogP contribution is -2.35. The smallest absolute Gasteiger partial charge is 0.253 e. The molecule has 0 atom stereocenters. The first-order valence-corrected chi connectivity index (χ1v) is 9.42. The molecular weight excluding hydrogens is 308 g/mol. The number of methoxy groups -OCH3 is 1. The first-order valence-electron chi connectivity index (χ1n) is 8.37. The number of hydrogen-bond donors (Lipinski definition) is 0. The van der Waals surface area contributed by atoms with Crippen LogP contribution in [0.5, 0.6) is 5.75 Å². The molecule has 23 heavy (non-hydrogen) atoms. The van der Waals surface area contributed by atoms with Crippen LogP contribution in [-0.2, 0) is 0 Å². The van der Waals surface area contributed by atoms with Gasteiger partial charge in [0.15, 0.2) is 0 Å². The van der Waals surface area contributed by atoms with E-state index in [0.29, 0.717) is 5.25 Å². The molecule has 0 bridgehead atoms. The molecule has 2 rings (SSSR count). The summed E-state index contributed by atoms with van der Waals surface area (Å²) in [4.78, 5) is 17.1. The topological polar surface area (TPSA) is 32.8 Å². The Balaban J connectivity index is 1.85. The number of carbonyl (C=O) groups excluding carboxylic acids is 1. The molecule has 0 spiro atoms. The van der Waals surface area contributed by atoms with Crippen LogP contribution in [0.2, 0.25) is 0 Å². The predicted octanol–water partition coefficient (Wildman–Crippen LogP) is 2.98. The van der Waals surface area contributed by atoms with Crippen LogP contribution < -0.4 is 4.74 Å². The summed E-state index contributed by atoms with van der Waals surface area (Å²) >= 11 is 2.01. The molecule has 0 aliphatic carbocycles. The Morgan fingerprint density at radius 2 is 1.91 bits per heavy atom. The molecule has 1 aromatic carbocycles. The Labute approximate surface area is 144 Å². The minimum absolute atomic E-state index is 0.131. The number of benzene rings is 1. The van der Waals surface area contributed by atoms with E-state index >= 15 is 0 Å². The van der Waals surface area contributed by atoms with Gasteiger partial charge in [-0.25, -0.2) is 0 Å². The van der Waals surface area contributed by atoms with Crippen molar-refractivity contribution in [3.63, 3.8) is 0 Å². The van der Waals surface area contributed by atoms with Gasteiger partial charge in [0.2, 0.25) is 0 Å². The van der Waals surface area contributed by atoms with E-state index in [-0.39, 0.29) is 5.91 Å². The van der Waals surface area contributed by atoms with Gasteiger partial charge in [0.1, 0.15) is 5.75 Å². The number of ether oxygens (including phenoxy) is 1. The number of amides is 1. The maximum absolute atomic E-state index is 12.6. The zero-order valence-corrected chi connectivity index (χ0v) is 15.3. The Bertz CT molecular complexity index is 490. The van der Waals surface area contributed by atoms with Gasteiger partial charge in [-0.3, -0.25) is 4.79 Å². The van der Waals surface area contributed by atoms with E-state index in [9.17, 15) is 4.79 Å². The molecule has 0 saturated carbocycles. The van der Waals surface area contributed by atoms with E-state index < -0.39 is 0 Å². The summed E-state index contributed by atoms with van der Waals surface area (Å²) < 4.78 is 5.15. The van der Waals surface area contributed by atoms with Gasteiger partial charge < -0.3 is 14.5 Å². The van der Waals surface area contributed by atoms with Crippen LogP contribution in [0.15, 0.2) is 24.3 Å². The average Bonchev–Trinajstić information content (AvgIpc) is 2.80. The van der Waals surface area contributed by atoms with E-state index in [4.69, 9.17) is 4.74 Å². The molecule has 5 heteroatoms. The number of nitrogens with zero attached hydrogens (tertiary/aromatic N) is 2. The molecule has 1 heterocycles. The second-order valence-corrected chi connectivity index (χ2v) is 7.82. The first kappa shape index (κ1) is 18.1. The van der Waals surface area contributed by atoms with Crippen molar-refractivity contribution in [2.24, 2.45) is 0 Å². The normalized spacial score (nSPS) is 16.4. The van der Waals surface area contributed by atoms with E-state index in [0.717, 1.165) is 50.5 Å². The molecule has 0 N–H and O–H groups in total. The van der Waals surface area contributed by atoms with Crippen molar-refractivity contribution in [1.82, 2.24) is 9.80 Å². The summed E-state index contributed by atoms with van der Waals surface area (Å²) in [5.74, 6) is 2.08. The molecule has 128 valence electrons. The summed E-state index contributed by atoms with van der Waals surface area (Å²) in [5.41, 5.74) is 0.745. The van der Waals surface area contributed by atoms with Crippen LogP contribution in [0.25, 0.3) is 0 Å². The van der Waals surface area contributed by atoms with Gasteiger partial charge in [-0.05, 0) is 42.5 Å². The Kier molecular flexibility index (Phi) is 7.24. The fourth-order valence-corrected chi connectivity index (χ4v) is 3.57. The standard InChI is InChI=1S/C18H28N2O2S/c1-15(2)23-14-13-19-9-4-10-20(12-11-19)18(21)16-5-7-17(22-3)8-6-16/h5-8,15H,4,9-14H2,1-3H3. The number of rotatable bonds is 6. The summed E-state index contributed by atoms with van der Waals surface area (Å²) in [6.07, 6.45) is 1.05. The molecule has 1 aromatic rings. The summed E-state index contributed by atoms with van der Waals surface area (Å²) in [6, 6.07) is 7.40. The molecule has 1 aliphatic heterocycles. The average molecular weight is 337 g/mol. The van der Waals surface area contributed by atoms with Crippen LogP contribution in [0, 0.1) is 0 Å². The maximum Gasteiger partial charge on any atom is 0.253 e. The van der Waals surface area contributed by atoms with Crippen molar-refractivity contribution >= 4 is 17.7 Å². The third-order valence-electron chi connectivity index (χ3n) is 4.07. The Morgan fingerprint density at radius 1 is 1.17 bits per heavy atom. The third kappa shape index (κ3) is 5.74. The van der Waals surface area contributed by atoms with Crippen LogP contribution in [0.3, 0.4) is 0 Å². The lowest BCUT2D eigenvalue weighted by Gasteiger charge is -2.22. The van der Waals surface area contributed by atoms with Crippen LogP contribution in [-0.4, -0.2) is 66.5 Å². The van der Waals surface area contributed by atoms with E-state index in [1.165, 1.54) is 5.75 Å². The minimum atomic E-state index is 0.131. The van der Waals surface area contributed by atoms with E-state index in [1.54, 1.807) is 7.11 Å². The number of carbonyl (C=O) groups is 1. The molecule has 1 amide bonds. The van der Waals surface area contributed by atoms with E-state index in [2.05, 4.69) is 18.7 Å². The van der Waals surface area contributed by atoms with Crippen LogP contribution >= 0.6 is 11.8 Å². The van der Waals surface area contributed by atoms with Gasteiger partial charge in [0, 0.05) is 37.5 Å². The van der Waals surface area contributed by atoms with Gasteiger partial charge in [0.05, 0.1) is 7.11 Å². The summed E-state index contributed by atoms with van der Waals surface area (Å²) in [5, 5.41) is 0.690. The van der Waals surface area contributed by atoms with Crippen LogP contribution in [0.4, 0.5) is 0 Å². The highest BCUT2D eigenvalue weighted by Crippen LogP contribution is 2.15. The summed E-state index contributed by atoms with van der Waals surface area (Å²) in [6.45, 7) is 9.32. The van der Waals surface area contributed by atoms with Gasteiger partial charge in [0.25, 0.3) is 5.91 Å². The molecule has 0 unspecified atom stereocenters. The second-order valence-electron chi connectivity index (χ2n) is 6.14. The van der Waals surface area contributed by atoms with Gasteiger partial charge >= 0.3 is 0 Å². The predicted molar refractivity (Wildman–Crippen MR) is 97.5 cm³/mol. The van der Waals surface area contributed by atoms with Crippen LogP contribution in [0.1, 0.15) is 30.6 Å². The largest absolute Gasteiger partial charge is 0.497 e. The SMILES string of the molecule is COc1ccc(C(=O)N2CCCN(CCSC(C)C)CC2)cc1. The van der Waals surface area contributed by atoms with Gasteiger partial charge in [-0.15, -0.1) is 0 Å². The highest BCUT2D eigenvalue weighted by Gasteiger charge is 2.20. The van der Waals surface area contributed by atoms with Crippen molar-refractivity contribution in [2.75, 3.05) is 45.6 Å². The van der Waals surface area contributed by atoms with Gasteiger partial charge in [-0.1, -0.05) is 13.8 Å². The van der Waals surface area contributed by atoms with E-state index in [1.807, 2.05) is 40.9 Å². The molecule has 1 aliphatic rings. The Morgan fingerprint density at radius 3 is 2.57 bits per heavy atom. The quantitative estimate of drug-likeness (QED) is 0.799. The highest BCUT2D eigenvalue weighted by atomic mass is 32.2. The highest BCUT2D eigenvalue weighted by molar-refractivity contribution is 7.99. The van der Waals surface area contributed by atoms with Crippen molar-refractivity contribution in [1.29, 1.82) is 0 Å². The Hall–Kier alpha value is -1.20. The second kappa shape index (κ2) is 9.18. The number of hydrogen-bond acceptors (Lipinski definition) is 4. The van der Waals surface area contributed by atoms with Crippen molar-refractivity contribution < 1.29 is 9.53 Å². The molecule has 1 saturated heterocycles. The monoisotopic (exact) mass is 336 g/mol.